The van der Waals surface area contributed by atoms with Gasteiger partial charge in [-0.3, -0.25) is 9.59 Å². The maximum absolute atomic E-state index is 12.5. The molecule has 0 heterocycles. The number of nitrogens with zero attached hydrogens (tertiary/aromatic N) is 1. The van der Waals surface area contributed by atoms with Gasteiger partial charge in [0.15, 0.2) is 0 Å². The Hall–Kier alpha value is -2.17. The highest BCUT2D eigenvalue weighted by atomic mass is 16.5. The fraction of sp³-hybridized carbons (Fsp3) is 0.750. The first-order chi connectivity index (χ1) is 16.2. The lowest BCUT2D eigenvalue weighted by Gasteiger charge is -2.27. The fourth-order valence-electron chi connectivity index (χ4n) is 4.17. The molecule has 0 bridgehead atoms. The number of aliphatic carboxylic acids is 1. The smallest absolute Gasteiger partial charge is 0.308 e. The van der Waals surface area contributed by atoms with Gasteiger partial charge in [-0.05, 0) is 42.6 Å². The Kier molecular flexibility index (Phi) is 15.5. The second kappa shape index (κ2) is 16.5. The van der Waals surface area contributed by atoms with Crippen molar-refractivity contribution in [1.29, 1.82) is 5.26 Å². The zero-order valence-corrected chi connectivity index (χ0v) is 22.8. The first-order valence-corrected chi connectivity index (χ1v) is 12.8. The Morgan fingerprint density at radius 2 is 1.49 bits per heavy atom. The molecule has 200 valence electrons. The molecule has 7 atom stereocenters. The van der Waals surface area contributed by atoms with Gasteiger partial charge in [-0.1, -0.05) is 67.5 Å². The van der Waals surface area contributed by atoms with E-state index in [9.17, 15) is 30.2 Å². The fourth-order valence-corrected chi connectivity index (χ4v) is 4.17. The van der Waals surface area contributed by atoms with Gasteiger partial charge in [0.2, 0.25) is 0 Å². The van der Waals surface area contributed by atoms with Gasteiger partial charge in [0, 0.05) is 12.3 Å². The van der Waals surface area contributed by atoms with Gasteiger partial charge in [0.25, 0.3) is 0 Å². The van der Waals surface area contributed by atoms with Crippen LogP contribution in [0.1, 0.15) is 81.1 Å². The van der Waals surface area contributed by atoms with Crippen LogP contribution in [-0.2, 0) is 14.3 Å². The van der Waals surface area contributed by atoms with Crippen LogP contribution in [0.5, 0.6) is 0 Å². The summed E-state index contributed by atoms with van der Waals surface area (Å²) in [5, 5.41) is 39.7. The van der Waals surface area contributed by atoms with E-state index in [2.05, 4.69) is 27.7 Å². The average Bonchev–Trinajstić information content (AvgIpc) is 2.75. The normalized spacial score (nSPS) is 18.5. The number of aliphatic hydroxyl groups is 2. The number of nitriles is 1. The summed E-state index contributed by atoms with van der Waals surface area (Å²) in [6.07, 6.45) is 4.13. The molecule has 0 spiro atoms. The van der Waals surface area contributed by atoms with E-state index in [-0.39, 0.29) is 30.3 Å². The monoisotopic (exact) mass is 493 g/mol. The number of ether oxygens (including phenoxy) is 1. The van der Waals surface area contributed by atoms with Gasteiger partial charge in [-0.15, -0.1) is 0 Å². The second-order valence-electron chi connectivity index (χ2n) is 10.8. The summed E-state index contributed by atoms with van der Waals surface area (Å²) < 4.78 is 5.62. The molecule has 3 N–H and O–H groups in total. The molecule has 0 aromatic heterocycles. The third-order valence-electron chi connectivity index (χ3n) is 6.53. The van der Waals surface area contributed by atoms with E-state index in [0.717, 1.165) is 12.8 Å². The zero-order valence-electron chi connectivity index (χ0n) is 22.8. The summed E-state index contributed by atoms with van der Waals surface area (Å²) in [7, 11) is 0. The van der Waals surface area contributed by atoms with Crippen molar-refractivity contribution in [2.45, 2.75) is 99.4 Å². The minimum Gasteiger partial charge on any atom is -0.481 e. The van der Waals surface area contributed by atoms with Gasteiger partial charge >= 0.3 is 11.9 Å². The van der Waals surface area contributed by atoms with E-state index in [1.807, 2.05) is 19.9 Å². The van der Waals surface area contributed by atoms with Crippen LogP contribution in [-0.4, -0.2) is 45.6 Å². The summed E-state index contributed by atoms with van der Waals surface area (Å²) >= 11 is 0. The van der Waals surface area contributed by atoms with Crippen molar-refractivity contribution in [3.05, 3.63) is 23.8 Å². The van der Waals surface area contributed by atoms with E-state index in [4.69, 9.17) is 4.74 Å². The van der Waals surface area contributed by atoms with E-state index < -0.39 is 42.1 Å². The molecule has 0 radical (unpaired) electrons. The van der Waals surface area contributed by atoms with Gasteiger partial charge in [0.1, 0.15) is 6.10 Å². The third-order valence-corrected chi connectivity index (χ3v) is 6.53. The summed E-state index contributed by atoms with van der Waals surface area (Å²) in [6.45, 7) is 15.3. The van der Waals surface area contributed by atoms with Crippen LogP contribution in [0, 0.1) is 46.8 Å². The van der Waals surface area contributed by atoms with E-state index in [0.29, 0.717) is 11.8 Å². The first kappa shape index (κ1) is 32.8. The number of carbonyl (C=O) groups is 2. The maximum atomic E-state index is 12.5. The van der Waals surface area contributed by atoms with Crippen molar-refractivity contribution in [1.82, 2.24) is 0 Å². The average molecular weight is 494 g/mol. The zero-order chi connectivity index (χ0) is 27.3. The van der Waals surface area contributed by atoms with Crippen molar-refractivity contribution in [3.63, 3.8) is 0 Å². The van der Waals surface area contributed by atoms with Crippen molar-refractivity contribution in [2.24, 2.45) is 35.5 Å². The van der Waals surface area contributed by atoms with Crippen LogP contribution in [0.15, 0.2) is 23.8 Å². The summed E-state index contributed by atoms with van der Waals surface area (Å²) in [4.78, 5) is 24.1. The minimum atomic E-state index is -0.984. The van der Waals surface area contributed by atoms with Crippen molar-refractivity contribution >= 4 is 11.9 Å². The SMILES string of the molecule is CC(C)C[C@H](C)[C@@H](O)CC(=O)OC(C/C=C/C=C(/C#N)[C@H](O)[C@@H](C)CC(C)C)C(C)C(C)C(=O)O. The largest absolute Gasteiger partial charge is 0.481 e. The summed E-state index contributed by atoms with van der Waals surface area (Å²) in [6, 6.07) is 2.05. The summed E-state index contributed by atoms with van der Waals surface area (Å²) in [5.41, 5.74) is 0.247. The van der Waals surface area contributed by atoms with Crippen molar-refractivity contribution in [3.8, 4) is 6.07 Å². The molecule has 0 amide bonds. The number of hydrogen-bond acceptors (Lipinski definition) is 6. The molecule has 0 saturated carbocycles. The number of carbonyl (C=O) groups excluding carboxylic acids is 1. The Balaban J connectivity index is 5.39. The van der Waals surface area contributed by atoms with Crippen LogP contribution in [0.3, 0.4) is 0 Å². The van der Waals surface area contributed by atoms with Gasteiger partial charge in [-0.2, -0.15) is 5.26 Å². The van der Waals surface area contributed by atoms with Crippen LogP contribution >= 0.6 is 0 Å². The van der Waals surface area contributed by atoms with Gasteiger partial charge in [0.05, 0.1) is 36.2 Å². The number of carboxylic acids is 1. The van der Waals surface area contributed by atoms with Crippen molar-refractivity contribution < 1.29 is 29.6 Å². The topological polar surface area (TPSA) is 128 Å². The van der Waals surface area contributed by atoms with E-state index >= 15 is 0 Å². The Bertz CT molecular complexity index is 751. The molecule has 35 heavy (non-hydrogen) atoms. The number of esters is 1. The number of allylic oxidation sites excluding steroid dienone is 2. The Labute approximate surface area is 211 Å². The lowest BCUT2D eigenvalue weighted by atomic mass is 9.88. The molecule has 0 aliphatic carbocycles. The van der Waals surface area contributed by atoms with Crippen LogP contribution in [0.2, 0.25) is 0 Å². The standard InChI is InChI=1S/C28H47NO6/c1-17(2)13-19(5)24(30)15-26(31)35-25(21(7)22(8)28(33)34)12-10-9-11-23(16-29)27(32)20(6)14-18(3)4/h9-11,17-22,24-25,27,30,32H,12-15H2,1-8H3,(H,33,34)/b10-9+,23-11-/t19-,20-,21?,22?,24-,25?,27+/m0/s1. The number of aliphatic hydroxyl groups excluding tert-OH is 2. The van der Waals surface area contributed by atoms with Crippen molar-refractivity contribution in [2.75, 3.05) is 0 Å². The molecule has 3 unspecified atom stereocenters. The predicted molar refractivity (Wildman–Crippen MR) is 137 cm³/mol. The third kappa shape index (κ3) is 12.9. The highest BCUT2D eigenvalue weighted by Gasteiger charge is 2.30. The highest BCUT2D eigenvalue weighted by Crippen LogP contribution is 2.24. The second-order valence-corrected chi connectivity index (χ2v) is 10.8. The van der Waals surface area contributed by atoms with E-state index in [1.54, 1.807) is 32.1 Å². The molecular formula is C28H47NO6. The van der Waals surface area contributed by atoms with Crippen LogP contribution < -0.4 is 0 Å². The minimum absolute atomic E-state index is 0.0599. The molecule has 0 rings (SSSR count). The molecule has 0 aliphatic heterocycles. The molecule has 0 fully saturated rings. The molecule has 7 heteroatoms. The highest BCUT2D eigenvalue weighted by molar-refractivity contribution is 5.71. The molecule has 0 saturated heterocycles. The lowest BCUT2D eigenvalue weighted by molar-refractivity contribution is -0.159. The molecule has 7 nitrogen and oxygen atoms in total. The van der Waals surface area contributed by atoms with Gasteiger partial charge in [-0.25, -0.2) is 0 Å². The number of hydrogen-bond donors (Lipinski definition) is 3. The molecule has 0 aromatic rings. The first-order valence-electron chi connectivity index (χ1n) is 12.8. The van der Waals surface area contributed by atoms with E-state index in [1.165, 1.54) is 0 Å². The summed E-state index contributed by atoms with van der Waals surface area (Å²) in [5.74, 6) is -2.10. The Morgan fingerprint density at radius 1 is 0.943 bits per heavy atom. The Morgan fingerprint density at radius 3 is 1.97 bits per heavy atom. The molecule has 0 aromatic carbocycles. The number of carboxylic acid groups (broad SMARTS) is 1. The number of rotatable bonds is 16. The van der Waals surface area contributed by atoms with Crippen LogP contribution in [0.25, 0.3) is 0 Å². The molecule has 0 aliphatic rings. The lowest BCUT2D eigenvalue weighted by Crippen LogP contribution is -2.34. The quantitative estimate of drug-likeness (QED) is 0.154. The predicted octanol–water partition coefficient (Wildman–Crippen LogP) is 5.13. The van der Waals surface area contributed by atoms with Crippen LogP contribution in [0.4, 0.5) is 0 Å². The van der Waals surface area contributed by atoms with Gasteiger partial charge < -0.3 is 20.1 Å². The maximum Gasteiger partial charge on any atom is 0.308 e. The molecular weight excluding hydrogens is 446 g/mol.